The number of hydrogen-bond donors (Lipinski definition) is 0. The van der Waals surface area contributed by atoms with Crippen LogP contribution in [-0.2, 0) is 9.53 Å². The van der Waals surface area contributed by atoms with E-state index in [9.17, 15) is 13.6 Å². The molecule has 0 bridgehead atoms. The molecule has 0 heterocycles. The van der Waals surface area contributed by atoms with Crippen molar-refractivity contribution < 1.29 is 18.3 Å². The number of carbonyl (C=O) groups is 1. The van der Waals surface area contributed by atoms with E-state index in [1.54, 1.807) is 6.92 Å². The van der Waals surface area contributed by atoms with Crippen molar-refractivity contribution in [1.82, 2.24) is 0 Å². The zero-order chi connectivity index (χ0) is 17.1. The van der Waals surface area contributed by atoms with Gasteiger partial charge in [0.1, 0.15) is 0 Å². The second kappa shape index (κ2) is 11.0. The highest BCUT2D eigenvalue weighted by molar-refractivity contribution is 5.78. The van der Waals surface area contributed by atoms with Crippen molar-refractivity contribution in [3.8, 4) is 0 Å². The summed E-state index contributed by atoms with van der Waals surface area (Å²) in [5.41, 5.74) is -1.29. The van der Waals surface area contributed by atoms with Gasteiger partial charge in [-0.3, -0.25) is 0 Å². The molecule has 0 aliphatic heterocycles. The SMILES string of the molecule is CCCCCCCC(C)(CCCCCC)C(F)(F)C(=O)OC. The summed E-state index contributed by atoms with van der Waals surface area (Å²) in [6.07, 6.45) is 9.61. The van der Waals surface area contributed by atoms with Gasteiger partial charge in [-0.25, -0.2) is 4.79 Å². The first-order valence-electron chi connectivity index (χ1n) is 8.82. The fraction of sp³-hybridized carbons (Fsp3) is 0.944. The Balaban J connectivity index is 4.69. The van der Waals surface area contributed by atoms with Crippen LogP contribution in [0.5, 0.6) is 0 Å². The minimum Gasteiger partial charge on any atom is -0.465 e. The predicted molar refractivity (Wildman–Crippen MR) is 87.2 cm³/mol. The molecule has 0 aliphatic carbocycles. The lowest BCUT2D eigenvalue weighted by molar-refractivity contribution is -0.192. The Morgan fingerprint density at radius 1 is 0.864 bits per heavy atom. The molecule has 0 aromatic heterocycles. The molecule has 0 saturated carbocycles. The predicted octanol–water partition coefficient (Wildman–Crippen LogP) is 6.13. The molecule has 1 atom stereocenters. The van der Waals surface area contributed by atoms with Gasteiger partial charge < -0.3 is 4.74 Å². The van der Waals surface area contributed by atoms with Crippen LogP contribution in [0.2, 0.25) is 0 Å². The molecule has 0 radical (unpaired) electrons. The molecule has 0 amide bonds. The third kappa shape index (κ3) is 6.62. The lowest BCUT2D eigenvalue weighted by atomic mass is 9.74. The lowest BCUT2D eigenvalue weighted by Crippen LogP contribution is -2.46. The van der Waals surface area contributed by atoms with Crippen LogP contribution in [0.15, 0.2) is 0 Å². The van der Waals surface area contributed by atoms with E-state index < -0.39 is 17.3 Å². The summed E-state index contributed by atoms with van der Waals surface area (Å²) in [5.74, 6) is -4.79. The molecule has 0 N–H and O–H groups in total. The van der Waals surface area contributed by atoms with Gasteiger partial charge in [0.05, 0.1) is 7.11 Å². The molecule has 22 heavy (non-hydrogen) atoms. The number of unbranched alkanes of at least 4 members (excludes halogenated alkanes) is 7. The van der Waals surface area contributed by atoms with Crippen LogP contribution in [0.25, 0.3) is 0 Å². The lowest BCUT2D eigenvalue weighted by Gasteiger charge is -2.35. The number of carbonyl (C=O) groups excluding carboxylic acids is 1. The Morgan fingerprint density at radius 3 is 1.68 bits per heavy atom. The average Bonchev–Trinajstić information content (AvgIpc) is 2.50. The maximum atomic E-state index is 14.5. The van der Waals surface area contributed by atoms with Crippen molar-refractivity contribution in [1.29, 1.82) is 0 Å². The molecular weight excluding hydrogens is 286 g/mol. The topological polar surface area (TPSA) is 26.3 Å². The van der Waals surface area contributed by atoms with Crippen LogP contribution in [0, 0.1) is 5.41 Å². The molecule has 132 valence electrons. The van der Waals surface area contributed by atoms with Gasteiger partial charge in [0.25, 0.3) is 0 Å². The molecule has 0 fully saturated rings. The van der Waals surface area contributed by atoms with E-state index in [0.717, 1.165) is 64.9 Å². The van der Waals surface area contributed by atoms with Crippen molar-refractivity contribution >= 4 is 5.97 Å². The number of methoxy groups -OCH3 is 1. The monoisotopic (exact) mass is 320 g/mol. The van der Waals surface area contributed by atoms with Crippen LogP contribution in [-0.4, -0.2) is 19.0 Å². The number of halogens is 2. The second-order valence-corrected chi connectivity index (χ2v) is 6.60. The summed E-state index contributed by atoms with van der Waals surface area (Å²) in [6.45, 7) is 5.77. The van der Waals surface area contributed by atoms with Crippen LogP contribution < -0.4 is 0 Å². The van der Waals surface area contributed by atoms with E-state index in [1.807, 2.05) is 0 Å². The first kappa shape index (κ1) is 21.3. The maximum Gasteiger partial charge on any atom is 0.377 e. The Labute approximate surface area is 135 Å². The highest BCUT2D eigenvalue weighted by Crippen LogP contribution is 2.45. The normalized spacial score (nSPS) is 14.6. The van der Waals surface area contributed by atoms with E-state index in [4.69, 9.17) is 0 Å². The standard InChI is InChI=1S/C18H34F2O2/c1-5-7-9-11-13-15-17(3,14-12-10-8-6-2)18(19,20)16(21)22-4/h5-15H2,1-4H3. The van der Waals surface area contributed by atoms with Crippen molar-refractivity contribution in [2.75, 3.05) is 7.11 Å². The quantitative estimate of drug-likeness (QED) is 0.301. The zero-order valence-corrected chi connectivity index (χ0v) is 14.9. The molecule has 2 nitrogen and oxygen atoms in total. The Kier molecular flexibility index (Phi) is 10.6. The van der Waals surface area contributed by atoms with E-state index in [1.165, 1.54) is 0 Å². The van der Waals surface area contributed by atoms with E-state index in [0.29, 0.717) is 12.8 Å². The van der Waals surface area contributed by atoms with Crippen LogP contribution in [0.1, 0.15) is 91.4 Å². The minimum absolute atomic E-state index is 0.378. The van der Waals surface area contributed by atoms with Crippen LogP contribution >= 0.6 is 0 Å². The van der Waals surface area contributed by atoms with Crippen molar-refractivity contribution in [2.24, 2.45) is 5.41 Å². The molecule has 0 rings (SSSR count). The summed E-state index contributed by atoms with van der Waals surface area (Å²) in [4.78, 5) is 11.5. The number of esters is 1. The van der Waals surface area contributed by atoms with Crippen molar-refractivity contribution in [3.63, 3.8) is 0 Å². The number of ether oxygens (including phenoxy) is 1. The van der Waals surface area contributed by atoms with E-state index in [-0.39, 0.29) is 0 Å². The molecule has 4 heteroatoms. The van der Waals surface area contributed by atoms with Crippen LogP contribution in [0.3, 0.4) is 0 Å². The smallest absolute Gasteiger partial charge is 0.377 e. The summed E-state index contributed by atoms with van der Waals surface area (Å²) in [5, 5.41) is 0. The largest absolute Gasteiger partial charge is 0.465 e. The molecule has 0 aliphatic rings. The fourth-order valence-corrected chi connectivity index (χ4v) is 2.87. The number of rotatable bonds is 13. The molecule has 1 unspecified atom stereocenters. The van der Waals surface area contributed by atoms with Crippen LogP contribution in [0.4, 0.5) is 8.78 Å². The highest BCUT2D eigenvalue weighted by Gasteiger charge is 2.55. The third-order valence-corrected chi connectivity index (χ3v) is 4.61. The molecular formula is C18H34F2O2. The van der Waals surface area contributed by atoms with Crippen molar-refractivity contribution in [3.05, 3.63) is 0 Å². The third-order valence-electron chi connectivity index (χ3n) is 4.61. The number of alkyl halides is 2. The first-order chi connectivity index (χ1) is 10.4. The Hall–Kier alpha value is -0.670. The molecule has 0 spiro atoms. The summed E-state index contributed by atoms with van der Waals surface area (Å²) in [7, 11) is 1.04. The molecule has 0 aromatic rings. The Morgan fingerprint density at radius 2 is 1.27 bits per heavy atom. The minimum atomic E-state index is -3.40. The maximum absolute atomic E-state index is 14.5. The van der Waals surface area contributed by atoms with E-state index >= 15 is 0 Å². The summed E-state index contributed by atoms with van der Waals surface area (Å²) >= 11 is 0. The van der Waals surface area contributed by atoms with Gasteiger partial charge in [-0.15, -0.1) is 0 Å². The zero-order valence-electron chi connectivity index (χ0n) is 14.9. The van der Waals surface area contributed by atoms with Gasteiger partial charge in [0.2, 0.25) is 0 Å². The fourth-order valence-electron chi connectivity index (χ4n) is 2.87. The van der Waals surface area contributed by atoms with Crippen molar-refractivity contribution in [2.45, 2.75) is 97.3 Å². The van der Waals surface area contributed by atoms with Gasteiger partial charge in [-0.1, -0.05) is 78.6 Å². The van der Waals surface area contributed by atoms with Gasteiger partial charge in [0.15, 0.2) is 0 Å². The van der Waals surface area contributed by atoms with E-state index in [2.05, 4.69) is 18.6 Å². The Bertz CT molecular complexity index is 305. The summed E-state index contributed by atoms with van der Waals surface area (Å²) in [6, 6.07) is 0. The summed E-state index contributed by atoms with van der Waals surface area (Å²) < 4.78 is 33.3. The van der Waals surface area contributed by atoms with Gasteiger partial charge >= 0.3 is 11.9 Å². The molecule has 0 aromatic carbocycles. The first-order valence-corrected chi connectivity index (χ1v) is 8.82. The number of hydrogen-bond acceptors (Lipinski definition) is 2. The molecule has 0 saturated heterocycles. The second-order valence-electron chi connectivity index (χ2n) is 6.60. The van der Waals surface area contributed by atoms with Gasteiger partial charge in [-0.05, 0) is 12.8 Å². The highest BCUT2D eigenvalue weighted by atomic mass is 19.3. The van der Waals surface area contributed by atoms with Gasteiger partial charge in [0, 0.05) is 5.41 Å². The van der Waals surface area contributed by atoms with Gasteiger partial charge in [-0.2, -0.15) is 8.78 Å². The average molecular weight is 320 g/mol.